The summed E-state index contributed by atoms with van der Waals surface area (Å²) in [5.41, 5.74) is 3.26. The van der Waals surface area contributed by atoms with E-state index in [0.717, 1.165) is 15.4 Å². The number of nitrogens with zero attached hydrogens (tertiary/aromatic N) is 1. The van der Waals surface area contributed by atoms with Gasteiger partial charge in [0.1, 0.15) is 0 Å². The van der Waals surface area contributed by atoms with Crippen LogP contribution in [0, 0.1) is 13.8 Å². The molecule has 1 amide bonds. The monoisotopic (exact) mass is 442 g/mol. The van der Waals surface area contributed by atoms with Gasteiger partial charge in [0.05, 0.1) is 11.4 Å². The summed E-state index contributed by atoms with van der Waals surface area (Å²) in [4.78, 5) is 12.8. The van der Waals surface area contributed by atoms with E-state index in [0.29, 0.717) is 16.3 Å². The maximum absolute atomic E-state index is 13.3. The fourth-order valence-corrected chi connectivity index (χ4v) is 4.60. The van der Waals surface area contributed by atoms with Gasteiger partial charge in [-0.15, -0.1) is 0 Å². The van der Waals surface area contributed by atoms with Gasteiger partial charge in [0.25, 0.3) is 0 Å². The molecule has 1 N–H and O–H groups in total. The van der Waals surface area contributed by atoms with Crippen molar-refractivity contribution in [1.82, 2.24) is 4.31 Å². The summed E-state index contributed by atoms with van der Waals surface area (Å²) in [6.07, 6.45) is 0. The van der Waals surface area contributed by atoms with E-state index in [9.17, 15) is 13.2 Å². The van der Waals surface area contributed by atoms with Crippen molar-refractivity contribution in [2.45, 2.75) is 25.3 Å². The molecular weight excluding hydrogens is 420 g/mol. The molecule has 0 aliphatic heterocycles. The maximum atomic E-state index is 13.3. The molecule has 3 aromatic rings. The first-order valence-electron chi connectivity index (χ1n) is 9.42. The van der Waals surface area contributed by atoms with Crippen LogP contribution >= 0.6 is 11.6 Å². The highest BCUT2D eigenvalue weighted by Crippen LogP contribution is 2.21. The number of hydrogen-bond donors (Lipinski definition) is 1. The van der Waals surface area contributed by atoms with Gasteiger partial charge in [0.15, 0.2) is 0 Å². The molecule has 0 radical (unpaired) electrons. The fourth-order valence-electron chi connectivity index (χ4n) is 3.01. The molecule has 0 fully saturated rings. The first-order chi connectivity index (χ1) is 14.2. The molecule has 0 atom stereocenters. The van der Waals surface area contributed by atoms with Crippen LogP contribution in [0.3, 0.4) is 0 Å². The molecule has 0 aliphatic carbocycles. The smallest absolute Gasteiger partial charge is 0.243 e. The maximum Gasteiger partial charge on any atom is 0.243 e. The Bertz CT molecular complexity index is 1150. The molecule has 7 heteroatoms. The predicted molar refractivity (Wildman–Crippen MR) is 120 cm³/mol. The zero-order valence-electron chi connectivity index (χ0n) is 16.8. The van der Waals surface area contributed by atoms with E-state index >= 15 is 0 Å². The Morgan fingerprint density at radius 2 is 1.63 bits per heavy atom. The van der Waals surface area contributed by atoms with E-state index in [4.69, 9.17) is 11.6 Å². The minimum absolute atomic E-state index is 0.0258. The predicted octanol–water partition coefficient (Wildman–Crippen LogP) is 4.79. The molecule has 3 aromatic carbocycles. The molecule has 5 nitrogen and oxygen atoms in total. The molecule has 3 rings (SSSR count). The van der Waals surface area contributed by atoms with Crippen LogP contribution in [0.15, 0.2) is 77.7 Å². The number of anilines is 1. The van der Waals surface area contributed by atoms with Gasteiger partial charge < -0.3 is 5.32 Å². The number of rotatable bonds is 7. The molecule has 30 heavy (non-hydrogen) atoms. The summed E-state index contributed by atoms with van der Waals surface area (Å²) >= 11 is 6.06. The molecule has 0 saturated carbocycles. The summed E-state index contributed by atoms with van der Waals surface area (Å²) < 4.78 is 27.7. The number of carbonyl (C=O) groups is 1. The van der Waals surface area contributed by atoms with Gasteiger partial charge in [-0.25, -0.2) is 8.42 Å². The number of hydrogen-bond acceptors (Lipinski definition) is 3. The van der Waals surface area contributed by atoms with E-state index in [2.05, 4.69) is 5.32 Å². The number of amides is 1. The molecule has 0 spiro atoms. The number of carbonyl (C=O) groups excluding carboxylic acids is 1. The van der Waals surface area contributed by atoms with Crippen LogP contribution in [0.25, 0.3) is 0 Å². The van der Waals surface area contributed by atoms with Crippen molar-refractivity contribution in [1.29, 1.82) is 0 Å². The van der Waals surface area contributed by atoms with E-state index in [1.807, 2.05) is 32.0 Å². The average molecular weight is 443 g/mol. The Morgan fingerprint density at radius 3 is 2.30 bits per heavy atom. The molecule has 0 heterocycles. The van der Waals surface area contributed by atoms with Crippen molar-refractivity contribution < 1.29 is 13.2 Å². The Labute approximate surface area is 182 Å². The Hall–Kier alpha value is -2.67. The van der Waals surface area contributed by atoms with Crippen LogP contribution in [0.2, 0.25) is 5.02 Å². The Morgan fingerprint density at radius 1 is 0.933 bits per heavy atom. The molecule has 0 bridgehead atoms. The molecule has 156 valence electrons. The van der Waals surface area contributed by atoms with Crippen molar-refractivity contribution >= 4 is 33.2 Å². The first-order valence-corrected chi connectivity index (χ1v) is 11.2. The van der Waals surface area contributed by atoms with Crippen LogP contribution in [0.1, 0.15) is 16.7 Å². The second-order valence-electron chi connectivity index (χ2n) is 7.13. The highest BCUT2D eigenvalue weighted by molar-refractivity contribution is 7.89. The first kappa shape index (κ1) is 22.0. The average Bonchev–Trinajstić information content (AvgIpc) is 2.68. The minimum Gasteiger partial charge on any atom is -0.325 e. The highest BCUT2D eigenvalue weighted by atomic mass is 35.5. The topological polar surface area (TPSA) is 66.5 Å². The zero-order valence-corrected chi connectivity index (χ0v) is 18.4. The Kier molecular flexibility index (Phi) is 6.92. The highest BCUT2D eigenvalue weighted by Gasteiger charge is 2.27. The Balaban J connectivity index is 1.88. The lowest BCUT2D eigenvalue weighted by atomic mass is 10.2. The van der Waals surface area contributed by atoms with Gasteiger partial charge in [0, 0.05) is 17.3 Å². The molecular formula is C23H23ClN2O3S. The molecule has 0 unspecified atom stereocenters. The second-order valence-corrected chi connectivity index (χ2v) is 9.51. The summed E-state index contributed by atoms with van der Waals surface area (Å²) in [5, 5.41) is 3.28. The second kappa shape index (κ2) is 9.43. The number of aryl methyl sites for hydroxylation is 2. The van der Waals surface area contributed by atoms with Crippen molar-refractivity contribution in [2.24, 2.45) is 0 Å². The largest absolute Gasteiger partial charge is 0.325 e. The summed E-state index contributed by atoms with van der Waals surface area (Å²) in [6.45, 7) is 3.51. The van der Waals surface area contributed by atoms with Gasteiger partial charge in [-0.1, -0.05) is 53.6 Å². The molecule has 0 aliphatic rings. The normalized spacial score (nSPS) is 11.5. The fraction of sp³-hybridized carbons (Fsp3) is 0.174. The van der Waals surface area contributed by atoms with E-state index in [1.165, 1.54) is 0 Å². The van der Waals surface area contributed by atoms with Gasteiger partial charge in [-0.05, 0) is 61.4 Å². The van der Waals surface area contributed by atoms with E-state index in [1.54, 1.807) is 54.6 Å². The quantitative estimate of drug-likeness (QED) is 0.572. The van der Waals surface area contributed by atoms with Gasteiger partial charge in [-0.3, -0.25) is 4.79 Å². The zero-order chi connectivity index (χ0) is 21.7. The third-order valence-corrected chi connectivity index (χ3v) is 6.57. The van der Waals surface area contributed by atoms with Gasteiger partial charge in [0.2, 0.25) is 15.9 Å². The lowest BCUT2D eigenvalue weighted by Gasteiger charge is -2.22. The van der Waals surface area contributed by atoms with Crippen molar-refractivity contribution in [2.75, 3.05) is 11.9 Å². The standard InChI is InChI=1S/C23H23ClN2O3S/c1-17-9-11-22(12-10-17)30(28,29)26(15-19-6-4-7-20(24)14-19)16-23(27)25-21-8-3-5-18(2)13-21/h3-14H,15-16H2,1-2H3,(H,25,27). The number of sulfonamides is 1. The van der Waals surface area contributed by atoms with Crippen molar-refractivity contribution in [3.05, 3.63) is 94.5 Å². The number of nitrogens with one attached hydrogen (secondary N) is 1. The van der Waals surface area contributed by atoms with Crippen LogP contribution in [0.5, 0.6) is 0 Å². The lowest BCUT2D eigenvalue weighted by molar-refractivity contribution is -0.116. The van der Waals surface area contributed by atoms with Crippen LogP contribution in [-0.4, -0.2) is 25.2 Å². The molecule has 0 aromatic heterocycles. The van der Waals surface area contributed by atoms with E-state index in [-0.39, 0.29) is 18.0 Å². The minimum atomic E-state index is -3.89. The van der Waals surface area contributed by atoms with Crippen LogP contribution < -0.4 is 5.32 Å². The third kappa shape index (κ3) is 5.69. The molecule has 0 saturated heterocycles. The van der Waals surface area contributed by atoms with Crippen LogP contribution in [0.4, 0.5) is 5.69 Å². The van der Waals surface area contributed by atoms with Gasteiger partial charge >= 0.3 is 0 Å². The van der Waals surface area contributed by atoms with Crippen LogP contribution in [-0.2, 0) is 21.4 Å². The van der Waals surface area contributed by atoms with Crippen molar-refractivity contribution in [3.63, 3.8) is 0 Å². The third-order valence-electron chi connectivity index (χ3n) is 4.53. The lowest BCUT2D eigenvalue weighted by Crippen LogP contribution is -2.37. The summed E-state index contributed by atoms with van der Waals surface area (Å²) in [6, 6.07) is 20.8. The van der Waals surface area contributed by atoms with Crippen molar-refractivity contribution in [3.8, 4) is 0 Å². The summed E-state index contributed by atoms with van der Waals surface area (Å²) in [7, 11) is -3.89. The summed E-state index contributed by atoms with van der Waals surface area (Å²) in [5.74, 6) is -0.418. The van der Waals surface area contributed by atoms with Gasteiger partial charge in [-0.2, -0.15) is 4.31 Å². The number of benzene rings is 3. The number of halogens is 1. The van der Waals surface area contributed by atoms with E-state index < -0.39 is 15.9 Å². The SMILES string of the molecule is Cc1ccc(S(=O)(=O)N(CC(=O)Nc2cccc(C)c2)Cc2cccc(Cl)c2)cc1.